The molecule has 4 aliphatic carbocycles. The van der Waals surface area contributed by atoms with Crippen LogP contribution in [0.15, 0.2) is 54.6 Å². The summed E-state index contributed by atoms with van der Waals surface area (Å²) < 4.78 is 23.2. The van der Waals surface area contributed by atoms with Gasteiger partial charge in [0.2, 0.25) is 0 Å². The van der Waals surface area contributed by atoms with E-state index in [1.165, 1.54) is 55.9 Å². The fourth-order valence-electron chi connectivity index (χ4n) is 8.09. The Morgan fingerprint density at radius 2 is 1.63 bits per heavy atom. The van der Waals surface area contributed by atoms with E-state index < -0.39 is 5.79 Å². The standard InChI is InChI=1S/C33H36O5/c1-32(2)37-19-28(38-32)18-36-30-9-8-24(14-29(30)33-15-20-10-26(16-33)27(11-20)17-33)22-4-5-23-13-25(31(34)35-3)7-6-21(23)12-22/h4-9,12-14,20,26-28H,10-11,15-19H2,1-3H3. The molecule has 0 radical (unpaired) electrons. The van der Waals surface area contributed by atoms with Crippen molar-refractivity contribution >= 4 is 16.7 Å². The third-order valence-electron chi connectivity index (χ3n) is 9.56. The molecule has 4 saturated carbocycles. The topological polar surface area (TPSA) is 54.0 Å². The molecule has 198 valence electrons. The molecule has 3 aromatic carbocycles. The lowest BCUT2D eigenvalue weighted by molar-refractivity contribution is -0.141. The van der Waals surface area contributed by atoms with Gasteiger partial charge in [-0.1, -0.05) is 24.3 Å². The molecule has 5 heteroatoms. The molecule has 8 rings (SSSR count). The van der Waals surface area contributed by atoms with Crippen LogP contribution < -0.4 is 4.74 Å². The molecule has 5 fully saturated rings. The first-order valence-electron chi connectivity index (χ1n) is 14.0. The van der Waals surface area contributed by atoms with Crippen molar-refractivity contribution in [1.82, 2.24) is 0 Å². The second-order valence-electron chi connectivity index (χ2n) is 12.5. The first-order valence-corrected chi connectivity index (χ1v) is 14.0. The maximum atomic E-state index is 12.0. The smallest absolute Gasteiger partial charge is 0.337 e. The number of rotatable bonds is 6. The lowest BCUT2D eigenvalue weighted by atomic mass is 9.65. The molecule has 3 atom stereocenters. The van der Waals surface area contributed by atoms with Crippen molar-refractivity contribution in [3.8, 4) is 16.9 Å². The van der Waals surface area contributed by atoms with Crippen LogP contribution in [0.1, 0.15) is 61.9 Å². The van der Waals surface area contributed by atoms with E-state index in [0.717, 1.165) is 34.3 Å². The van der Waals surface area contributed by atoms with Crippen molar-refractivity contribution in [2.24, 2.45) is 17.8 Å². The predicted molar refractivity (Wildman–Crippen MR) is 146 cm³/mol. The van der Waals surface area contributed by atoms with Gasteiger partial charge < -0.3 is 18.9 Å². The van der Waals surface area contributed by atoms with E-state index in [0.29, 0.717) is 18.8 Å². The molecule has 5 aliphatic rings. The summed E-state index contributed by atoms with van der Waals surface area (Å²) in [6.45, 7) is 4.98. The highest BCUT2D eigenvalue weighted by Gasteiger charge is 2.57. The largest absolute Gasteiger partial charge is 0.490 e. The molecule has 1 aliphatic heterocycles. The van der Waals surface area contributed by atoms with Gasteiger partial charge in [0, 0.05) is 5.56 Å². The normalized spacial score (nSPS) is 30.7. The summed E-state index contributed by atoms with van der Waals surface area (Å²) in [5, 5.41) is 2.14. The molecule has 0 spiro atoms. The highest BCUT2D eigenvalue weighted by atomic mass is 16.7. The minimum atomic E-state index is -0.545. The lowest BCUT2D eigenvalue weighted by Crippen LogP contribution is -2.32. The van der Waals surface area contributed by atoms with Crippen LogP contribution in [0, 0.1) is 17.8 Å². The maximum absolute atomic E-state index is 12.0. The third kappa shape index (κ3) is 4.11. The maximum Gasteiger partial charge on any atom is 0.337 e. The number of methoxy groups -OCH3 is 1. The van der Waals surface area contributed by atoms with Crippen LogP contribution in [0.3, 0.4) is 0 Å². The molecular formula is C33H36O5. The molecule has 1 heterocycles. The Kier molecular flexibility index (Phi) is 5.61. The summed E-state index contributed by atoms with van der Waals surface area (Å²) in [6.07, 6.45) is 6.65. The molecule has 1 saturated heterocycles. The fraction of sp³-hybridized carbons (Fsp3) is 0.485. The van der Waals surface area contributed by atoms with E-state index in [1.54, 1.807) is 0 Å². The molecule has 0 N–H and O–H groups in total. The van der Waals surface area contributed by atoms with Crippen molar-refractivity contribution in [2.75, 3.05) is 20.3 Å². The van der Waals surface area contributed by atoms with Gasteiger partial charge in [-0.05, 0) is 121 Å². The Balaban J connectivity index is 1.23. The number of fused-ring (bicyclic) bond motifs is 1. The Hall–Kier alpha value is -2.89. The predicted octanol–water partition coefficient (Wildman–Crippen LogP) is 6.90. The quantitative estimate of drug-likeness (QED) is 0.336. The number of hydrogen-bond acceptors (Lipinski definition) is 5. The van der Waals surface area contributed by atoms with Crippen molar-refractivity contribution in [1.29, 1.82) is 0 Å². The van der Waals surface area contributed by atoms with Gasteiger partial charge in [0.15, 0.2) is 5.79 Å². The fourth-order valence-corrected chi connectivity index (χ4v) is 8.09. The molecule has 0 amide bonds. The Labute approximate surface area is 224 Å². The van der Waals surface area contributed by atoms with Gasteiger partial charge in [0.25, 0.3) is 0 Å². The zero-order chi connectivity index (χ0) is 26.1. The second-order valence-corrected chi connectivity index (χ2v) is 12.5. The zero-order valence-corrected chi connectivity index (χ0v) is 22.5. The van der Waals surface area contributed by atoms with E-state index in [1.807, 2.05) is 32.0 Å². The average Bonchev–Trinajstić information content (AvgIpc) is 3.51. The lowest BCUT2D eigenvalue weighted by Gasteiger charge is -2.40. The van der Waals surface area contributed by atoms with Crippen LogP contribution in [-0.4, -0.2) is 38.2 Å². The van der Waals surface area contributed by atoms with Crippen LogP contribution in [0.4, 0.5) is 0 Å². The zero-order valence-electron chi connectivity index (χ0n) is 22.5. The molecule has 5 nitrogen and oxygen atoms in total. The van der Waals surface area contributed by atoms with E-state index in [4.69, 9.17) is 18.9 Å². The molecule has 4 bridgehead atoms. The highest BCUT2D eigenvalue weighted by molar-refractivity contribution is 5.96. The van der Waals surface area contributed by atoms with Gasteiger partial charge in [-0.3, -0.25) is 0 Å². The van der Waals surface area contributed by atoms with E-state index in [-0.39, 0.29) is 17.5 Å². The summed E-state index contributed by atoms with van der Waals surface area (Å²) in [4.78, 5) is 12.0. The summed E-state index contributed by atoms with van der Waals surface area (Å²) in [7, 11) is 1.41. The van der Waals surface area contributed by atoms with Crippen LogP contribution in [0.5, 0.6) is 5.75 Å². The SMILES string of the molecule is COC(=O)c1ccc2cc(-c3ccc(OCC4COC(C)(C)O4)c(C45CC6CC(C4)C(C6)C5)c3)ccc2c1. The Morgan fingerprint density at radius 1 is 0.921 bits per heavy atom. The van der Waals surface area contributed by atoms with Crippen molar-refractivity contribution in [2.45, 2.75) is 63.3 Å². The molecule has 3 unspecified atom stereocenters. The molecule has 3 aromatic rings. The number of benzene rings is 3. The van der Waals surface area contributed by atoms with Crippen LogP contribution in [-0.2, 0) is 19.6 Å². The number of hydrogen-bond donors (Lipinski definition) is 0. The van der Waals surface area contributed by atoms with Gasteiger partial charge in [0.1, 0.15) is 18.5 Å². The van der Waals surface area contributed by atoms with Crippen LogP contribution in [0.2, 0.25) is 0 Å². The summed E-state index contributed by atoms with van der Waals surface area (Å²) in [6, 6.07) is 19.0. The second kappa shape index (κ2) is 8.82. The number of carbonyl (C=O) groups is 1. The van der Waals surface area contributed by atoms with E-state index >= 15 is 0 Å². The van der Waals surface area contributed by atoms with Crippen LogP contribution in [0.25, 0.3) is 21.9 Å². The van der Waals surface area contributed by atoms with Crippen molar-refractivity contribution < 1.29 is 23.7 Å². The first kappa shape index (κ1) is 24.2. The number of esters is 1. The van der Waals surface area contributed by atoms with E-state index in [9.17, 15) is 4.79 Å². The Bertz CT molecular complexity index is 1390. The molecule has 38 heavy (non-hydrogen) atoms. The highest BCUT2D eigenvalue weighted by Crippen LogP contribution is 2.66. The van der Waals surface area contributed by atoms with Gasteiger partial charge in [0.05, 0.1) is 19.3 Å². The number of ether oxygens (including phenoxy) is 4. The molecular weight excluding hydrogens is 476 g/mol. The van der Waals surface area contributed by atoms with Gasteiger partial charge in [-0.25, -0.2) is 4.79 Å². The monoisotopic (exact) mass is 512 g/mol. The van der Waals surface area contributed by atoms with Crippen LogP contribution >= 0.6 is 0 Å². The minimum Gasteiger partial charge on any atom is -0.490 e. The van der Waals surface area contributed by atoms with E-state index in [2.05, 4.69) is 36.4 Å². The summed E-state index contributed by atoms with van der Waals surface area (Å²) in [5.41, 5.74) is 4.57. The van der Waals surface area contributed by atoms with Crippen molar-refractivity contribution in [3.63, 3.8) is 0 Å². The Morgan fingerprint density at radius 3 is 2.34 bits per heavy atom. The van der Waals surface area contributed by atoms with Gasteiger partial charge in [-0.15, -0.1) is 0 Å². The average molecular weight is 513 g/mol. The van der Waals surface area contributed by atoms with Crippen molar-refractivity contribution in [3.05, 3.63) is 65.7 Å². The van der Waals surface area contributed by atoms with Gasteiger partial charge in [-0.2, -0.15) is 0 Å². The minimum absolute atomic E-state index is 0.0542. The van der Waals surface area contributed by atoms with Gasteiger partial charge >= 0.3 is 5.97 Å². The third-order valence-corrected chi connectivity index (χ3v) is 9.56. The summed E-state index contributed by atoms with van der Waals surface area (Å²) in [5.74, 6) is 2.77. The summed E-state index contributed by atoms with van der Waals surface area (Å²) >= 11 is 0. The number of carbonyl (C=O) groups excluding carboxylic acids is 1. The first-order chi connectivity index (χ1) is 18.3. The molecule has 0 aromatic heterocycles.